The van der Waals surface area contributed by atoms with Crippen molar-refractivity contribution < 1.29 is 9.47 Å². The first kappa shape index (κ1) is 15.1. The van der Waals surface area contributed by atoms with E-state index in [-0.39, 0.29) is 18.3 Å². The molecule has 5 nitrogen and oxygen atoms in total. The van der Waals surface area contributed by atoms with Crippen LogP contribution in [0.15, 0.2) is 18.3 Å². The minimum absolute atomic E-state index is 0.190. The molecule has 0 bridgehead atoms. The second-order valence-corrected chi connectivity index (χ2v) is 6.87. The number of aromatic amines is 1. The molecule has 0 radical (unpaired) electrons. The lowest BCUT2D eigenvalue weighted by Crippen LogP contribution is -2.44. The minimum atomic E-state index is 0.190. The second kappa shape index (κ2) is 6.23. The van der Waals surface area contributed by atoms with E-state index in [0.29, 0.717) is 0 Å². The number of rotatable bonds is 3. The van der Waals surface area contributed by atoms with Crippen molar-refractivity contribution in [3.05, 3.63) is 29.6 Å². The molecule has 0 saturated carbocycles. The Kier molecular flexibility index (Phi) is 4.09. The van der Waals surface area contributed by atoms with Gasteiger partial charge in [-0.25, -0.2) is 4.98 Å². The first-order valence-electron chi connectivity index (χ1n) is 8.65. The van der Waals surface area contributed by atoms with Crippen molar-refractivity contribution in [2.24, 2.45) is 0 Å². The van der Waals surface area contributed by atoms with E-state index >= 15 is 0 Å². The molecule has 1 N–H and O–H groups in total. The Hall–Kier alpha value is -1.43. The van der Waals surface area contributed by atoms with Gasteiger partial charge in [0.1, 0.15) is 5.65 Å². The molecule has 124 valence electrons. The lowest BCUT2D eigenvalue weighted by atomic mass is 10.1. The van der Waals surface area contributed by atoms with Gasteiger partial charge < -0.3 is 14.5 Å². The number of hydrogen-bond acceptors (Lipinski definition) is 4. The van der Waals surface area contributed by atoms with E-state index < -0.39 is 0 Å². The predicted molar refractivity (Wildman–Crippen MR) is 89.3 cm³/mol. The number of nitrogens with zero attached hydrogens (tertiary/aromatic N) is 2. The maximum absolute atomic E-state index is 5.94. The van der Waals surface area contributed by atoms with Gasteiger partial charge in [0.2, 0.25) is 0 Å². The molecule has 2 fully saturated rings. The summed E-state index contributed by atoms with van der Waals surface area (Å²) >= 11 is 0. The van der Waals surface area contributed by atoms with E-state index in [4.69, 9.17) is 9.47 Å². The summed E-state index contributed by atoms with van der Waals surface area (Å²) < 4.78 is 11.8. The third-order valence-electron chi connectivity index (χ3n) is 4.84. The largest absolute Gasteiger partial charge is 0.373 e. The lowest BCUT2D eigenvalue weighted by molar-refractivity contribution is -0.0705. The molecule has 2 saturated heterocycles. The van der Waals surface area contributed by atoms with Crippen LogP contribution in [0.4, 0.5) is 0 Å². The first-order valence-corrected chi connectivity index (χ1v) is 8.65. The second-order valence-electron chi connectivity index (χ2n) is 6.87. The Morgan fingerprint density at radius 2 is 2.13 bits per heavy atom. The van der Waals surface area contributed by atoms with Crippen LogP contribution in [-0.2, 0) is 16.0 Å². The lowest BCUT2D eigenvalue weighted by Gasteiger charge is -2.35. The Morgan fingerprint density at radius 1 is 1.30 bits per heavy atom. The van der Waals surface area contributed by atoms with Crippen molar-refractivity contribution in [2.45, 2.75) is 51.5 Å². The van der Waals surface area contributed by atoms with Gasteiger partial charge in [-0.15, -0.1) is 0 Å². The molecule has 4 heterocycles. The average molecular weight is 315 g/mol. The maximum atomic E-state index is 5.94. The summed E-state index contributed by atoms with van der Waals surface area (Å²) in [5.41, 5.74) is 3.55. The van der Waals surface area contributed by atoms with Crippen LogP contribution in [0.5, 0.6) is 0 Å². The first-order chi connectivity index (χ1) is 11.2. The fourth-order valence-electron chi connectivity index (χ4n) is 3.98. The molecule has 0 amide bonds. The molecule has 0 spiro atoms. The number of morpholine rings is 1. The number of nitrogens with one attached hydrogen (secondary N) is 1. The summed E-state index contributed by atoms with van der Waals surface area (Å²) in [6, 6.07) is 4.18. The van der Waals surface area contributed by atoms with Gasteiger partial charge in [-0.05, 0) is 44.4 Å². The van der Waals surface area contributed by atoms with E-state index in [1.165, 1.54) is 16.6 Å². The van der Waals surface area contributed by atoms with Crippen molar-refractivity contribution in [3.63, 3.8) is 0 Å². The third-order valence-corrected chi connectivity index (χ3v) is 4.84. The minimum Gasteiger partial charge on any atom is -0.373 e. The van der Waals surface area contributed by atoms with E-state index in [0.717, 1.165) is 44.7 Å². The number of ether oxygens (including phenoxy) is 2. The summed E-state index contributed by atoms with van der Waals surface area (Å²) in [5, 5.41) is 1.23. The molecule has 2 aromatic rings. The molecule has 2 aliphatic rings. The van der Waals surface area contributed by atoms with Crippen molar-refractivity contribution in [1.29, 1.82) is 0 Å². The normalized spacial score (nSPS) is 29.4. The van der Waals surface area contributed by atoms with Crippen LogP contribution in [0.1, 0.15) is 44.1 Å². The molecule has 0 aromatic carbocycles. The molecular weight excluding hydrogens is 290 g/mol. The maximum Gasteiger partial charge on any atom is 0.137 e. The average Bonchev–Trinajstić information content (AvgIpc) is 3.14. The van der Waals surface area contributed by atoms with Gasteiger partial charge in [-0.2, -0.15) is 0 Å². The molecule has 2 aromatic heterocycles. The zero-order valence-corrected chi connectivity index (χ0v) is 13.9. The van der Waals surface area contributed by atoms with Crippen LogP contribution in [0.3, 0.4) is 0 Å². The quantitative estimate of drug-likeness (QED) is 0.946. The summed E-state index contributed by atoms with van der Waals surface area (Å²) in [6.45, 7) is 8.04. The summed E-state index contributed by atoms with van der Waals surface area (Å²) in [7, 11) is 0. The highest BCUT2D eigenvalue weighted by Crippen LogP contribution is 2.34. The standard InChI is InChI=1S/C18H25N3O2/c1-12-9-21(10-13(2)23-12)11-15-14-5-3-7-19-18(14)20-17(15)16-6-4-8-22-16/h3,5,7,12-13,16H,4,6,8-11H2,1-2H3,(H,19,20)/t12-,13+,16-/m1/s1. The number of fused-ring (bicyclic) bond motifs is 1. The fraction of sp³-hybridized carbons (Fsp3) is 0.611. The van der Waals surface area contributed by atoms with Crippen LogP contribution in [0, 0.1) is 0 Å². The smallest absolute Gasteiger partial charge is 0.137 e. The highest BCUT2D eigenvalue weighted by atomic mass is 16.5. The summed E-state index contributed by atoms with van der Waals surface area (Å²) in [4.78, 5) is 10.5. The Bertz CT molecular complexity index is 668. The number of hydrogen-bond donors (Lipinski definition) is 1. The molecule has 4 rings (SSSR count). The number of aromatic nitrogens is 2. The highest BCUT2D eigenvalue weighted by Gasteiger charge is 2.28. The van der Waals surface area contributed by atoms with Gasteiger partial charge in [-0.3, -0.25) is 4.90 Å². The molecule has 0 unspecified atom stereocenters. The van der Waals surface area contributed by atoms with Crippen LogP contribution < -0.4 is 0 Å². The third kappa shape index (κ3) is 3.01. The van der Waals surface area contributed by atoms with Crippen LogP contribution >= 0.6 is 0 Å². The summed E-state index contributed by atoms with van der Waals surface area (Å²) in [6.07, 6.45) is 4.84. The van der Waals surface area contributed by atoms with Gasteiger partial charge in [0, 0.05) is 37.8 Å². The molecule has 3 atom stereocenters. The topological polar surface area (TPSA) is 50.4 Å². The highest BCUT2D eigenvalue weighted by molar-refractivity contribution is 5.81. The van der Waals surface area contributed by atoms with Crippen LogP contribution in [0.25, 0.3) is 11.0 Å². The fourth-order valence-corrected chi connectivity index (χ4v) is 3.98. The molecule has 2 aliphatic heterocycles. The predicted octanol–water partition coefficient (Wildman–Crippen LogP) is 3.02. The van der Waals surface area contributed by atoms with Crippen molar-refractivity contribution in [3.8, 4) is 0 Å². The molecule has 0 aliphatic carbocycles. The van der Waals surface area contributed by atoms with Gasteiger partial charge in [0.15, 0.2) is 0 Å². The summed E-state index contributed by atoms with van der Waals surface area (Å²) in [5.74, 6) is 0. The monoisotopic (exact) mass is 315 g/mol. The molecular formula is C18H25N3O2. The van der Waals surface area contributed by atoms with Gasteiger partial charge in [0.05, 0.1) is 24.0 Å². The zero-order chi connectivity index (χ0) is 15.8. The molecule has 23 heavy (non-hydrogen) atoms. The molecule has 5 heteroatoms. The van der Waals surface area contributed by atoms with Gasteiger partial charge in [-0.1, -0.05) is 0 Å². The van der Waals surface area contributed by atoms with E-state index in [9.17, 15) is 0 Å². The Labute approximate surface area is 137 Å². The Balaban J connectivity index is 1.68. The van der Waals surface area contributed by atoms with E-state index in [2.05, 4.69) is 34.8 Å². The van der Waals surface area contributed by atoms with Gasteiger partial charge >= 0.3 is 0 Å². The van der Waals surface area contributed by atoms with Crippen molar-refractivity contribution in [1.82, 2.24) is 14.9 Å². The van der Waals surface area contributed by atoms with Gasteiger partial charge in [0.25, 0.3) is 0 Å². The van der Waals surface area contributed by atoms with Crippen LogP contribution in [-0.4, -0.2) is 46.8 Å². The van der Waals surface area contributed by atoms with Crippen molar-refractivity contribution >= 4 is 11.0 Å². The number of H-pyrrole nitrogens is 1. The number of pyridine rings is 1. The van der Waals surface area contributed by atoms with Crippen LogP contribution in [0.2, 0.25) is 0 Å². The zero-order valence-electron chi connectivity index (χ0n) is 13.9. The van der Waals surface area contributed by atoms with E-state index in [1.807, 2.05) is 12.3 Å². The van der Waals surface area contributed by atoms with E-state index in [1.54, 1.807) is 0 Å². The SMILES string of the molecule is C[C@@H]1CN(Cc2c([C@H]3CCCO3)[nH]c3ncccc23)C[C@H](C)O1. The Morgan fingerprint density at radius 3 is 2.87 bits per heavy atom. The van der Waals surface area contributed by atoms with Crippen molar-refractivity contribution in [2.75, 3.05) is 19.7 Å².